The van der Waals surface area contributed by atoms with E-state index < -0.39 is 11.0 Å². The SMILES string of the molecule is O=C1C2=CC=CCC2CCC1[N+](=O)[O-]. The van der Waals surface area contributed by atoms with Crippen LogP contribution in [0.1, 0.15) is 19.3 Å². The van der Waals surface area contributed by atoms with Crippen LogP contribution in [0.25, 0.3) is 0 Å². The molecule has 2 atom stereocenters. The van der Waals surface area contributed by atoms with Gasteiger partial charge < -0.3 is 0 Å². The molecule has 0 heterocycles. The van der Waals surface area contributed by atoms with Crippen LogP contribution in [-0.2, 0) is 4.79 Å². The lowest BCUT2D eigenvalue weighted by Gasteiger charge is -2.26. The highest BCUT2D eigenvalue weighted by atomic mass is 16.6. The second-order valence-corrected chi connectivity index (χ2v) is 3.73. The molecule has 74 valence electrons. The fourth-order valence-corrected chi connectivity index (χ4v) is 2.12. The van der Waals surface area contributed by atoms with Gasteiger partial charge in [0.2, 0.25) is 5.78 Å². The van der Waals surface area contributed by atoms with Crippen molar-refractivity contribution in [2.24, 2.45) is 5.92 Å². The summed E-state index contributed by atoms with van der Waals surface area (Å²) >= 11 is 0. The molecule has 1 fully saturated rings. The molecule has 0 aliphatic heterocycles. The molecular formula is C10H11NO3. The fourth-order valence-electron chi connectivity index (χ4n) is 2.12. The minimum absolute atomic E-state index is 0.226. The Kier molecular flexibility index (Phi) is 2.19. The van der Waals surface area contributed by atoms with Gasteiger partial charge >= 0.3 is 0 Å². The molecule has 2 unspecified atom stereocenters. The zero-order valence-electron chi connectivity index (χ0n) is 7.68. The smallest absolute Gasteiger partial charge is 0.274 e. The van der Waals surface area contributed by atoms with E-state index in [9.17, 15) is 14.9 Å². The van der Waals surface area contributed by atoms with Gasteiger partial charge in [0.05, 0.1) is 0 Å². The van der Waals surface area contributed by atoms with Crippen LogP contribution >= 0.6 is 0 Å². The predicted molar refractivity (Wildman–Crippen MR) is 50.4 cm³/mol. The number of fused-ring (bicyclic) bond motifs is 1. The van der Waals surface area contributed by atoms with Crippen LogP contribution in [0.15, 0.2) is 23.8 Å². The number of carbonyl (C=O) groups is 1. The molecule has 2 aliphatic rings. The van der Waals surface area contributed by atoms with Crippen LogP contribution in [-0.4, -0.2) is 16.7 Å². The third-order valence-corrected chi connectivity index (χ3v) is 2.90. The first kappa shape index (κ1) is 9.12. The molecule has 0 aromatic heterocycles. The molecule has 14 heavy (non-hydrogen) atoms. The highest BCUT2D eigenvalue weighted by molar-refractivity contribution is 6.00. The Balaban J connectivity index is 2.26. The van der Waals surface area contributed by atoms with Crippen LogP contribution in [0.4, 0.5) is 0 Å². The summed E-state index contributed by atoms with van der Waals surface area (Å²) in [7, 11) is 0. The van der Waals surface area contributed by atoms with E-state index in [2.05, 4.69) is 0 Å². The van der Waals surface area contributed by atoms with Crippen molar-refractivity contribution in [1.29, 1.82) is 0 Å². The lowest BCUT2D eigenvalue weighted by molar-refractivity contribution is -0.508. The van der Waals surface area contributed by atoms with Gasteiger partial charge in [0, 0.05) is 16.9 Å². The van der Waals surface area contributed by atoms with Crippen LogP contribution < -0.4 is 0 Å². The monoisotopic (exact) mass is 193 g/mol. The Morgan fingerprint density at radius 2 is 2.21 bits per heavy atom. The summed E-state index contributed by atoms with van der Waals surface area (Å²) in [5.74, 6) is -0.0562. The summed E-state index contributed by atoms with van der Waals surface area (Å²) in [4.78, 5) is 21.8. The third-order valence-electron chi connectivity index (χ3n) is 2.90. The van der Waals surface area contributed by atoms with Gasteiger partial charge in [-0.1, -0.05) is 18.2 Å². The maximum Gasteiger partial charge on any atom is 0.274 e. The van der Waals surface area contributed by atoms with Gasteiger partial charge in [0.25, 0.3) is 6.04 Å². The van der Waals surface area contributed by atoms with Crippen LogP contribution in [0.5, 0.6) is 0 Å². The molecule has 0 amide bonds. The van der Waals surface area contributed by atoms with Crippen LogP contribution in [0.2, 0.25) is 0 Å². The first-order valence-electron chi connectivity index (χ1n) is 4.74. The Labute approximate surface area is 81.4 Å². The summed E-state index contributed by atoms with van der Waals surface area (Å²) < 4.78 is 0. The average molecular weight is 193 g/mol. The van der Waals surface area contributed by atoms with E-state index in [1.165, 1.54) is 0 Å². The van der Waals surface area contributed by atoms with Crippen molar-refractivity contribution in [3.8, 4) is 0 Å². The molecular weight excluding hydrogens is 182 g/mol. The van der Waals surface area contributed by atoms with Crippen molar-refractivity contribution in [3.63, 3.8) is 0 Å². The van der Waals surface area contributed by atoms with Crippen LogP contribution in [0.3, 0.4) is 0 Å². The summed E-state index contributed by atoms with van der Waals surface area (Å²) in [5, 5.41) is 10.6. The number of Topliss-reactive ketones (excluding diaryl/α,β-unsaturated/α-hetero) is 1. The van der Waals surface area contributed by atoms with Gasteiger partial charge in [-0.05, 0) is 18.8 Å². The number of ketones is 1. The molecule has 0 aromatic carbocycles. The Bertz CT molecular complexity index is 343. The van der Waals surface area contributed by atoms with Crippen molar-refractivity contribution < 1.29 is 9.72 Å². The predicted octanol–water partition coefficient (Wildman–Crippen LogP) is 1.50. The Hall–Kier alpha value is -1.45. The van der Waals surface area contributed by atoms with E-state index in [0.29, 0.717) is 12.0 Å². The number of carbonyl (C=O) groups excluding carboxylic acids is 1. The summed E-state index contributed by atoms with van der Waals surface area (Å²) in [6.07, 6.45) is 7.55. The fraction of sp³-hybridized carbons (Fsp3) is 0.500. The molecule has 4 heteroatoms. The standard InChI is InChI=1S/C10H11NO3/c12-10-8-4-2-1-3-7(8)5-6-9(10)11(13)14/h1-2,4,7,9H,3,5-6H2. The van der Waals surface area contributed by atoms with Crippen molar-refractivity contribution in [3.05, 3.63) is 33.9 Å². The number of hydrogen-bond donors (Lipinski definition) is 0. The minimum Gasteiger partial charge on any atom is -0.287 e. The highest BCUT2D eigenvalue weighted by Crippen LogP contribution is 2.33. The summed E-state index contributed by atoms with van der Waals surface area (Å²) in [6.45, 7) is 0. The molecule has 4 nitrogen and oxygen atoms in total. The number of nitrogens with zero attached hydrogens (tertiary/aromatic N) is 1. The summed E-state index contributed by atoms with van der Waals surface area (Å²) in [5.41, 5.74) is 0.653. The van der Waals surface area contributed by atoms with E-state index >= 15 is 0 Å². The van der Waals surface area contributed by atoms with E-state index in [1.807, 2.05) is 12.2 Å². The molecule has 0 N–H and O–H groups in total. The maximum absolute atomic E-state index is 11.7. The third kappa shape index (κ3) is 1.36. The molecule has 0 aromatic rings. The zero-order chi connectivity index (χ0) is 10.1. The highest BCUT2D eigenvalue weighted by Gasteiger charge is 2.40. The molecule has 0 spiro atoms. The quantitative estimate of drug-likeness (QED) is 0.468. The van der Waals surface area contributed by atoms with Gasteiger partial charge in [-0.15, -0.1) is 0 Å². The second kappa shape index (κ2) is 3.36. The van der Waals surface area contributed by atoms with Crippen LogP contribution in [0, 0.1) is 16.0 Å². The van der Waals surface area contributed by atoms with Crippen molar-refractivity contribution >= 4 is 5.78 Å². The topological polar surface area (TPSA) is 60.2 Å². The van der Waals surface area contributed by atoms with E-state index in [4.69, 9.17) is 0 Å². The number of hydrogen-bond acceptors (Lipinski definition) is 3. The van der Waals surface area contributed by atoms with Crippen molar-refractivity contribution in [2.45, 2.75) is 25.3 Å². The number of rotatable bonds is 1. The average Bonchev–Trinajstić information content (AvgIpc) is 2.18. The van der Waals surface area contributed by atoms with Gasteiger partial charge in [0.1, 0.15) is 0 Å². The first-order valence-corrected chi connectivity index (χ1v) is 4.74. The first-order chi connectivity index (χ1) is 6.70. The van der Waals surface area contributed by atoms with Gasteiger partial charge in [-0.3, -0.25) is 14.9 Å². The van der Waals surface area contributed by atoms with E-state index in [0.717, 1.165) is 12.8 Å². The van der Waals surface area contributed by atoms with Gasteiger partial charge in [-0.2, -0.15) is 0 Å². The minimum atomic E-state index is -0.996. The van der Waals surface area contributed by atoms with E-state index in [1.54, 1.807) is 6.08 Å². The Morgan fingerprint density at radius 3 is 2.93 bits per heavy atom. The molecule has 1 saturated carbocycles. The largest absolute Gasteiger partial charge is 0.287 e. The second-order valence-electron chi connectivity index (χ2n) is 3.73. The number of nitro groups is 1. The van der Waals surface area contributed by atoms with Gasteiger partial charge in [0.15, 0.2) is 0 Å². The normalized spacial score (nSPS) is 30.9. The van der Waals surface area contributed by atoms with Gasteiger partial charge in [-0.25, -0.2) is 0 Å². The lowest BCUT2D eigenvalue weighted by Crippen LogP contribution is -2.37. The number of allylic oxidation sites excluding steroid dienone is 3. The lowest BCUT2D eigenvalue weighted by atomic mass is 9.77. The van der Waals surface area contributed by atoms with E-state index in [-0.39, 0.29) is 11.7 Å². The van der Waals surface area contributed by atoms with Crippen molar-refractivity contribution in [1.82, 2.24) is 0 Å². The molecule has 0 bridgehead atoms. The summed E-state index contributed by atoms with van der Waals surface area (Å²) in [6, 6.07) is -0.996. The zero-order valence-corrected chi connectivity index (χ0v) is 7.68. The molecule has 0 saturated heterocycles. The molecule has 2 rings (SSSR count). The molecule has 0 radical (unpaired) electrons. The maximum atomic E-state index is 11.7. The van der Waals surface area contributed by atoms with Crippen molar-refractivity contribution in [2.75, 3.05) is 0 Å². The Morgan fingerprint density at radius 1 is 1.43 bits per heavy atom. The molecule has 2 aliphatic carbocycles.